The van der Waals surface area contributed by atoms with Crippen LogP contribution in [0.25, 0.3) is 0 Å². The number of carbonyl (C=O) groups is 1. The smallest absolute Gasteiger partial charge is 0.252 e. The molecule has 0 atom stereocenters. The van der Waals surface area contributed by atoms with Crippen LogP contribution in [0.4, 0.5) is 0 Å². The highest BCUT2D eigenvalue weighted by Gasteiger charge is 2.22. The summed E-state index contributed by atoms with van der Waals surface area (Å²) in [6.07, 6.45) is 0.991. The molecule has 2 rings (SSSR count). The van der Waals surface area contributed by atoms with Gasteiger partial charge in [-0.2, -0.15) is 0 Å². The van der Waals surface area contributed by atoms with E-state index in [1.165, 1.54) is 0 Å². The topological polar surface area (TPSA) is 38.3 Å². The number of nitrogens with one attached hydrogen (secondary N) is 1. The van der Waals surface area contributed by atoms with Crippen LogP contribution in [0, 0.1) is 3.57 Å². The lowest BCUT2D eigenvalue weighted by atomic mass is 10.1. The number of benzene rings is 1. The summed E-state index contributed by atoms with van der Waals surface area (Å²) in [6.45, 7) is 3.41. The van der Waals surface area contributed by atoms with Crippen LogP contribution in [-0.4, -0.2) is 12.5 Å². The van der Waals surface area contributed by atoms with Crippen molar-refractivity contribution in [3.63, 3.8) is 0 Å². The lowest BCUT2D eigenvalue weighted by Crippen LogP contribution is -2.13. The monoisotopic (exact) mass is 317 g/mol. The van der Waals surface area contributed by atoms with Crippen molar-refractivity contribution in [1.82, 2.24) is 5.32 Å². The van der Waals surface area contributed by atoms with Crippen LogP contribution >= 0.6 is 22.6 Å². The number of halogens is 1. The lowest BCUT2D eigenvalue weighted by Gasteiger charge is -2.07. The number of hydrogen-bond donors (Lipinski definition) is 1. The van der Waals surface area contributed by atoms with E-state index < -0.39 is 0 Å². The third kappa shape index (κ3) is 2.09. The van der Waals surface area contributed by atoms with Crippen LogP contribution in [0.5, 0.6) is 5.75 Å². The molecule has 1 aromatic rings. The van der Waals surface area contributed by atoms with Crippen LogP contribution in [0.2, 0.25) is 0 Å². The Balaban J connectivity index is 2.31. The molecule has 0 bridgehead atoms. The first-order valence-electron chi connectivity index (χ1n) is 4.95. The maximum absolute atomic E-state index is 11.5. The van der Waals surface area contributed by atoms with E-state index >= 15 is 0 Å². The van der Waals surface area contributed by atoms with Gasteiger partial charge in [0.25, 0.3) is 5.91 Å². The Kier molecular flexibility index (Phi) is 3.14. The van der Waals surface area contributed by atoms with E-state index in [9.17, 15) is 4.79 Å². The van der Waals surface area contributed by atoms with Gasteiger partial charge in [-0.3, -0.25) is 4.79 Å². The Morgan fingerprint density at radius 3 is 3.07 bits per heavy atom. The first-order valence-corrected chi connectivity index (χ1v) is 6.03. The molecule has 0 aromatic heterocycles. The molecule has 0 spiro atoms. The van der Waals surface area contributed by atoms with Crippen LogP contribution < -0.4 is 10.1 Å². The summed E-state index contributed by atoms with van der Waals surface area (Å²) >= 11 is 2.18. The average molecular weight is 317 g/mol. The second kappa shape index (κ2) is 4.38. The second-order valence-corrected chi connectivity index (χ2v) is 4.63. The highest BCUT2D eigenvalue weighted by Crippen LogP contribution is 2.27. The quantitative estimate of drug-likeness (QED) is 0.869. The Bertz CT molecular complexity index is 404. The molecule has 4 heteroatoms. The minimum atomic E-state index is 0.0245. The van der Waals surface area contributed by atoms with Gasteiger partial charge in [-0.1, -0.05) is 6.92 Å². The van der Waals surface area contributed by atoms with Crippen molar-refractivity contribution in [2.75, 3.05) is 6.61 Å². The molecule has 1 aliphatic rings. The van der Waals surface area contributed by atoms with Crippen molar-refractivity contribution in [3.8, 4) is 5.75 Å². The molecule has 3 nitrogen and oxygen atoms in total. The number of hydrogen-bond acceptors (Lipinski definition) is 2. The Labute approximate surface area is 102 Å². The van der Waals surface area contributed by atoms with Gasteiger partial charge in [0, 0.05) is 10.1 Å². The van der Waals surface area contributed by atoms with Gasteiger partial charge in [-0.25, -0.2) is 0 Å². The van der Waals surface area contributed by atoms with Crippen molar-refractivity contribution in [2.45, 2.75) is 19.9 Å². The molecule has 80 valence electrons. The first-order chi connectivity index (χ1) is 7.22. The van der Waals surface area contributed by atoms with Crippen molar-refractivity contribution in [2.24, 2.45) is 0 Å². The number of ether oxygens (including phenoxy) is 1. The van der Waals surface area contributed by atoms with Crippen molar-refractivity contribution >= 4 is 28.5 Å². The summed E-state index contributed by atoms with van der Waals surface area (Å²) in [4.78, 5) is 11.5. The maximum Gasteiger partial charge on any atom is 0.252 e. The van der Waals surface area contributed by atoms with Gasteiger partial charge in [0.2, 0.25) is 0 Å². The fraction of sp³-hybridized carbons (Fsp3) is 0.364. The van der Waals surface area contributed by atoms with E-state index in [1.54, 1.807) is 0 Å². The van der Waals surface area contributed by atoms with Crippen molar-refractivity contribution in [1.29, 1.82) is 0 Å². The van der Waals surface area contributed by atoms with Gasteiger partial charge in [0.05, 0.1) is 12.2 Å². The first kappa shape index (κ1) is 10.7. The zero-order valence-electron chi connectivity index (χ0n) is 8.47. The van der Waals surface area contributed by atoms with Crippen LogP contribution in [0.3, 0.4) is 0 Å². The van der Waals surface area contributed by atoms with Gasteiger partial charge in [-0.15, -0.1) is 0 Å². The molecule has 1 aliphatic heterocycles. The number of carbonyl (C=O) groups excluding carboxylic acids is 1. The van der Waals surface area contributed by atoms with E-state index in [4.69, 9.17) is 4.74 Å². The van der Waals surface area contributed by atoms with Gasteiger partial charge >= 0.3 is 0 Å². The van der Waals surface area contributed by atoms with Gasteiger partial charge in [0.15, 0.2) is 0 Å². The van der Waals surface area contributed by atoms with Gasteiger partial charge in [0.1, 0.15) is 5.75 Å². The van der Waals surface area contributed by atoms with Crippen molar-refractivity contribution in [3.05, 3.63) is 26.8 Å². The summed E-state index contributed by atoms with van der Waals surface area (Å²) in [5.41, 5.74) is 1.84. The summed E-state index contributed by atoms with van der Waals surface area (Å²) in [5, 5.41) is 2.81. The molecule has 0 radical (unpaired) electrons. The van der Waals surface area contributed by atoms with E-state index in [1.807, 2.05) is 12.1 Å². The molecular weight excluding hydrogens is 305 g/mol. The van der Waals surface area contributed by atoms with Crippen LogP contribution in [0.1, 0.15) is 29.3 Å². The normalized spacial score (nSPS) is 13.6. The molecule has 1 heterocycles. The average Bonchev–Trinajstić information content (AvgIpc) is 2.58. The predicted octanol–water partition coefficient (Wildman–Crippen LogP) is 2.32. The molecule has 0 unspecified atom stereocenters. The van der Waals surface area contributed by atoms with E-state index in [0.717, 1.165) is 33.5 Å². The maximum atomic E-state index is 11.5. The molecule has 0 aliphatic carbocycles. The van der Waals surface area contributed by atoms with Crippen LogP contribution in [0.15, 0.2) is 12.1 Å². The molecule has 1 aromatic carbocycles. The zero-order valence-corrected chi connectivity index (χ0v) is 10.6. The minimum Gasteiger partial charge on any atom is -0.494 e. The fourth-order valence-corrected chi connectivity index (χ4v) is 2.50. The fourth-order valence-electron chi connectivity index (χ4n) is 1.60. The van der Waals surface area contributed by atoms with Crippen LogP contribution in [-0.2, 0) is 6.54 Å². The summed E-state index contributed by atoms with van der Waals surface area (Å²) < 4.78 is 6.52. The Morgan fingerprint density at radius 2 is 2.33 bits per heavy atom. The third-order valence-electron chi connectivity index (χ3n) is 2.28. The van der Waals surface area contributed by atoms with E-state index in [-0.39, 0.29) is 5.91 Å². The number of amides is 1. The zero-order chi connectivity index (χ0) is 10.8. The lowest BCUT2D eigenvalue weighted by molar-refractivity contribution is 0.0965. The molecule has 1 amide bonds. The highest BCUT2D eigenvalue weighted by atomic mass is 127. The molecule has 0 saturated carbocycles. The molecule has 15 heavy (non-hydrogen) atoms. The SMILES string of the molecule is CCCOc1cc(I)c2c(c1)CNC2=O. The van der Waals surface area contributed by atoms with E-state index in [0.29, 0.717) is 6.54 Å². The summed E-state index contributed by atoms with van der Waals surface area (Å²) in [5.74, 6) is 0.882. The standard InChI is InChI=1S/C11H12INO2/c1-2-3-15-8-4-7-6-13-11(14)10(7)9(12)5-8/h4-5H,2-3,6H2,1H3,(H,13,14). The Morgan fingerprint density at radius 1 is 1.53 bits per heavy atom. The number of fused-ring (bicyclic) bond motifs is 1. The number of rotatable bonds is 3. The van der Waals surface area contributed by atoms with Gasteiger partial charge in [-0.05, 0) is 46.7 Å². The predicted molar refractivity (Wildman–Crippen MR) is 66.1 cm³/mol. The second-order valence-electron chi connectivity index (χ2n) is 3.47. The molecule has 1 N–H and O–H groups in total. The minimum absolute atomic E-state index is 0.0245. The van der Waals surface area contributed by atoms with E-state index in [2.05, 4.69) is 34.8 Å². The van der Waals surface area contributed by atoms with Crippen molar-refractivity contribution < 1.29 is 9.53 Å². The third-order valence-corrected chi connectivity index (χ3v) is 3.14. The Hall–Kier alpha value is -0.780. The summed E-state index contributed by atoms with van der Waals surface area (Å²) in [6, 6.07) is 3.87. The largest absolute Gasteiger partial charge is 0.494 e. The molecule has 0 saturated heterocycles. The highest BCUT2D eigenvalue weighted by molar-refractivity contribution is 14.1. The molecule has 0 fully saturated rings. The summed E-state index contributed by atoms with van der Waals surface area (Å²) in [7, 11) is 0. The molecular formula is C11H12INO2. The van der Waals surface area contributed by atoms with Gasteiger partial charge < -0.3 is 10.1 Å².